The van der Waals surface area contributed by atoms with Gasteiger partial charge in [0.2, 0.25) is 0 Å². The number of amides is 1. The number of nitrogens with zero attached hydrogens (tertiary/aromatic N) is 3. The predicted molar refractivity (Wildman–Crippen MR) is 81.6 cm³/mol. The molecule has 0 bridgehead atoms. The SMILES string of the molecule is CN1CCC[C@@H]1[C@H]1CCCN1C(=O)c1cncc(Br)c1. The highest BCUT2D eigenvalue weighted by Crippen LogP contribution is 2.30. The fourth-order valence-corrected chi connectivity index (χ4v) is 3.93. The summed E-state index contributed by atoms with van der Waals surface area (Å²) in [5, 5.41) is 0. The average molecular weight is 338 g/mol. The first-order valence-corrected chi connectivity index (χ1v) is 8.08. The summed E-state index contributed by atoms with van der Waals surface area (Å²) in [6.45, 7) is 2.03. The highest BCUT2D eigenvalue weighted by molar-refractivity contribution is 9.10. The van der Waals surface area contributed by atoms with Gasteiger partial charge in [0, 0.05) is 35.5 Å². The largest absolute Gasteiger partial charge is 0.334 e. The zero-order chi connectivity index (χ0) is 14.1. The first-order valence-electron chi connectivity index (χ1n) is 7.28. The lowest BCUT2D eigenvalue weighted by atomic mass is 10.0. The Hall–Kier alpha value is -0.940. The lowest BCUT2D eigenvalue weighted by molar-refractivity contribution is 0.0664. The van der Waals surface area contributed by atoms with E-state index in [1.165, 1.54) is 12.8 Å². The smallest absolute Gasteiger partial charge is 0.255 e. The van der Waals surface area contributed by atoms with Crippen LogP contribution in [0.15, 0.2) is 22.9 Å². The van der Waals surface area contributed by atoms with Crippen molar-refractivity contribution in [2.45, 2.75) is 37.8 Å². The number of rotatable bonds is 2. The fourth-order valence-electron chi connectivity index (χ4n) is 3.56. The summed E-state index contributed by atoms with van der Waals surface area (Å²) >= 11 is 3.39. The summed E-state index contributed by atoms with van der Waals surface area (Å²) in [6, 6.07) is 2.76. The third-order valence-electron chi connectivity index (χ3n) is 4.53. The van der Waals surface area contributed by atoms with Crippen molar-refractivity contribution >= 4 is 21.8 Å². The second-order valence-electron chi connectivity index (χ2n) is 5.79. The van der Waals surface area contributed by atoms with Gasteiger partial charge in [0.05, 0.1) is 5.56 Å². The van der Waals surface area contributed by atoms with Crippen molar-refractivity contribution < 1.29 is 4.79 Å². The molecule has 1 aromatic heterocycles. The maximum absolute atomic E-state index is 12.7. The average Bonchev–Trinajstić information content (AvgIpc) is 3.06. The molecule has 2 aliphatic rings. The predicted octanol–water partition coefficient (Wildman–Crippen LogP) is 2.54. The Morgan fingerprint density at radius 2 is 2.00 bits per heavy atom. The number of halogens is 1. The number of carbonyl (C=O) groups is 1. The zero-order valence-corrected chi connectivity index (χ0v) is 13.3. The minimum Gasteiger partial charge on any atom is -0.334 e. The molecular weight excluding hydrogens is 318 g/mol. The molecule has 0 unspecified atom stereocenters. The Labute approximate surface area is 128 Å². The maximum Gasteiger partial charge on any atom is 0.255 e. The second kappa shape index (κ2) is 5.82. The molecule has 108 valence electrons. The van der Waals surface area contributed by atoms with Crippen LogP contribution in [0.4, 0.5) is 0 Å². The van der Waals surface area contributed by atoms with Crippen LogP contribution in [0, 0.1) is 0 Å². The third-order valence-corrected chi connectivity index (χ3v) is 4.97. The molecule has 2 saturated heterocycles. The monoisotopic (exact) mass is 337 g/mol. The normalized spacial score (nSPS) is 27.2. The quantitative estimate of drug-likeness (QED) is 0.832. The van der Waals surface area contributed by atoms with Gasteiger partial charge in [-0.3, -0.25) is 9.78 Å². The van der Waals surface area contributed by atoms with Crippen molar-refractivity contribution in [1.82, 2.24) is 14.8 Å². The topological polar surface area (TPSA) is 36.4 Å². The van der Waals surface area contributed by atoms with Crippen LogP contribution in [-0.4, -0.2) is 52.9 Å². The number of likely N-dealkylation sites (N-methyl/N-ethyl adjacent to an activating group) is 1. The van der Waals surface area contributed by atoms with Gasteiger partial charge in [0.15, 0.2) is 0 Å². The van der Waals surface area contributed by atoms with Gasteiger partial charge in [-0.25, -0.2) is 0 Å². The van der Waals surface area contributed by atoms with Gasteiger partial charge in [-0.2, -0.15) is 0 Å². The van der Waals surface area contributed by atoms with Crippen LogP contribution in [0.25, 0.3) is 0 Å². The number of pyridine rings is 1. The van der Waals surface area contributed by atoms with E-state index in [1.54, 1.807) is 12.4 Å². The van der Waals surface area contributed by atoms with Crippen molar-refractivity contribution in [2.75, 3.05) is 20.1 Å². The van der Waals surface area contributed by atoms with Crippen molar-refractivity contribution in [3.05, 3.63) is 28.5 Å². The van der Waals surface area contributed by atoms with E-state index in [0.717, 1.165) is 30.4 Å². The molecular formula is C15H20BrN3O. The molecule has 3 heterocycles. The molecule has 3 rings (SSSR count). The minimum absolute atomic E-state index is 0.126. The van der Waals surface area contributed by atoms with E-state index in [0.29, 0.717) is 17.6 Å². The molecule has 2 aliphatic heterocycles. The summed E-state index contributed by atoms with van der Waals surface area (Å²) in [6.07, 6.45) is 8.08. The molecule has 20 heavy (non-hydrogen) atoms. The van der Waals surface area contributed by atoms with E-state index < -0.39 is 0 Å². The van der Waals surface area contributed by atoms with Gasteiger partial charge in [-0.05, 0) is 61.3 Å². The molecule has 0 N–H and O–H groups in total. The first kappa shape index (κ1) is 14.0. The molecule has 1 amide bonds. The molecule has 2 fully saturated rings. The molecule has 0 aromatic carbocycles. The van der Waals surface area contributed by atoms with Crippen molar-refractivity contribution in [3.63, 3.8) is 0 Å². The van der Waals surface area contributed by atoms with Crippen LogP contribution in [0.2, 0.25) is 0 Å². The van der Waals surface area contributed by atoms with Crippen molar-refractivity contribution in [2.24, 2.45) is 0 Å². The number of hydrogen-bond acceptors (Lipinski definition) is 3. The Balaban J connectivity index is 1.79. The van der Waals surface area contributed by atoms with Crippen LogP contribution in [-0.2, 0) is 0 Å². The van der Waals surface area contributed by atoms with Crippen LogP contribution < -0.4 is 0 Å². The fraction of sp³-hybridized carbons (Fsp3) is 0.600. The lowest BCUT2D eigenvalue weighted by Gasteiger charge is -2.33. The molecule has 0 saturated carbocycles. The molecule has 0 aliphatic carbocycles. The van der Waals surface area contributed by atoms with Gasteiger partial charge in [0.1, 0.15) is 0 Å². The Morgan fingerprint density at radius 1 is 1.25 bits per heavy atom. The molecule has 1 aromatic rings. The van der Waals surface area contributed by atoms with Crippen LogP contribution in [0.5, 0.6) is 0 Å². The highest BCUT2D eigenvalue weighted by Gasteiger charge is 2.38. The summed E-state index contributed by atoms with van der Waals surface area (Å²) in [7, 11) is 2.18. The van der Waals surface area contributed by atoms with E-state index >= 15 is 0 Å². The standard InChI is InChI=1S/C15H20BrN3O/c1-18-6-2-4-13(18)14-5-3-7-19(14)15(20)11-8-12(16)10-17-9-11/h8-10,13-14H,2-7H2,1H3/t13-,14-/m1/s1. The Kier molecular flexibility index (Phi) is 4.08. The molecule has 5 heteroatoms. The highest BCUT2D eigenvalue weighted by atomic mass is 79.9. The number of hydrogen-bond donors (Lipinski definition) is 0. The minimum atomic E-state index is 0.126. The Bertz CT molecular complexity index is 508. The summed E-state index contributed by atoms with van der Waals surface area (Å²) in [5.74, 6) is 0.126. The summed E-state index contributed by atoms with van der Waals surface area (Å²) in [5.41, 5.74) is 0.687. The molecule has 2 atom stereocenters. The Morgan fingerprint density at radius 3 is 2.70 bits per heavy atom. The first-order chi connectivity index (χ1) is 9.66. The van der Waals surface area contributed by atoms with Crippen LogP contribution in [0.3, 0.4) is 0 Å². The van der Waals surface area contributed by atoms with Gasteiger partial charge in [0.25, 0.3) is 5.91 Å². The number of aromatic nitrogens is 1. The molecule has 0 spiro atoms. The van der Waals surface area contributed by atoms with E-state index in [9.17, 15) is 4.79 Å². The summed E-state index contributed by atoms with van der Waals surface area (Å²) in [4.78, 5) is 21.3. The van der Waals surface area contributed by atoms with Gasteiger partial charge in [-0.1, -0.05) is 0 Å². The maximum atomic E-state index is 12.7. The second-order valence-corrected chi connectivity index (χ2v) is 6.71. The van der Waals surface area contributed by atoms with E-state index in [1.807, 2.05) is 6.07 Å². The van der Waals surface area contributed by atoms with Gasteiger partial charge < -0.3 is 9.80 Å². The zero-order valence-electron chi connectivity index (χ0n) is 11.8. The van der Waals surface area contributed by atoms with Crippen molar-refractivity contribution in [3.8, 4) is 0 Å². The van der Waals surface area contributed by atoms with E-state index in [4.69, 9.17) is 0 Å². The number of likely N-dealkylation sites (tertiary alicyclic amines) is 2. The van der Waals surface area contributed by atoms with Gasteiger partial charge in [-0.15, -0.1) is 0 Å². The molecule has 4 nitrogen and oxygen atoms in total. The van der Waals surface area contributed by atoms with Crippen molar-refractivity contribution in [1.29, 1.82) is 0 Å². The molecule has 0 radical (unpaired) electrons. The van der Waals surface area contributed by atoms with Crippen LogP contribution in [0.1, 0.15) is 36.0 Å². The third kappa shape index (κ3) is 2.61. The van der Waals surface area contributed by atoms with E-state index in [-0.39, 0.29) is 5.91 Å². The van der Waals surface area contributed by atoms with Gasteiger partial charge >= 0.3 is 0 Å². The van der Waals surface area contributed by atoms with E-state index in [2.05, 4.69) is 37.8 Å². The number of carbonyl (C=O) groups excluding carboxylic acids is 1. The van der Waals surface area contributed by atoms with Crippen LogP contribution >= 0.6 is 15.9 Å². The summed E-state index contributed by atoms with van der Waals surface area (Å²) < 4.78 is 0.858. The lowest BCUT2D eigenvalue weighted by Crippen LogP contribution is -2.47.